The monoisotopic (exact) mass is 430 g/mol. The Morgan fingerprint density at radius 2 is 1.30 bits per heavy atom. The van der Waals surface area contributed by atoms with E-state index >= 15 is 0 Å². The molecule has 150 valence electrons. The van der Waals surface area contributed by atoms with Crippen LogP contribution >= 0.6 is 23.5 Å². The lowest BCUT2D eigenvalue weighted by Gasteiger charge is -2.09. The Balaban J connectivity index is 1.75. The molecular formula is C26H22O2S2. The van der Waals surface area contributed by atoms with Crippen molar-refractivity contribution in [2.45, 2.75) is 23.6 Å². The van der Waals surface area contributed by atoms with Crippen molar-refractivity contribution in [3.63, 3.8) is 0 Å². The molecule has 0 heterocycles. The van der Waals surface area contributed by atoms with Gasteiger partial charge in [-0.2, -0.15) is 0 Å². The summed E-state index contributed by atoms with van der Waals surface area (Å²) in [6, 6.07) is 22.4. The van der Waals surface area contributed by atoms with Gasteiger partial charge in [0.2, 0.25) is 10.2 Å². The maximum atomic E-state index is 11.8. The third-order valence-corrected chi connectivity index (χ3v) is 6.60. The van der Waals surface area contributed by atoms with E-state index in [2.05, 4.69) is 43.5 Å². The smallest absolute Gasteiger partial charge is 0.219 e. The number of carbonyl (C=O) groups excluding carboxylic acids is 2. The molecule has 0 spiro atoms. The second-order valence-corrected chi connectivity index (χ2v) is 8.97. The van der Waals surface area contributed by atoms with E-state index in [4.69, 9.17) is 0 Å². The number of rotatable bonds is 6. The molecule has 0 unspecified atom stereocenters. The summed E-state index contributed by atoms with van der Waals surface area (Å²) in [6.07, 6.45) is 1.33. The molecule has 0 aliphatic heterocycles. The van der Waals surface area contributed by atoms with Gasteiger partial charge in [0.15, 0.2) is 0 Å². The van der Waals surface area contributed by atoms with Crippen molar-refractivity contribution in [2.24, 2.45) is 0 Å². The van der Waals surface area contributed by atoms with Crippen LogP contribution in [0.3, 0.4) is 0 Å². The van der Waals surface area contributed by atoms with Gasteiger partial charge < -0.3 is 0 Å². The lowest BCUT2D eigenvalue weighted by atomic mass is 9.99. The van der Waals surface area contributed by atoms with Gasteiger partial charge in [-0.05, 0) is 95.0 Å². The average molecular weight is 431 g/mol. The highest BCUT2D eigenvalue weighted by atomic mass is 32.2. The minimum absolute atomic E-state index is 0.0133. The first-order valence-electron chi connectivity index (χ1n) is 9.41. The number of thioether (sulfide) groups is 2. The van der Waals surface area contributed by atoms with Crippen LogP contribution in [0.4, 0.5) is 0 Å². The first-order valence-corrected chi connectivity index (χ1v) is 11.0. The van der Waals surface area contributed by atoms with Crippen LogP contribution in [0.2, 0.25) is 0 Å². The van der Waals surface area contributed by atoms with Crippen LogP contribution in [0.1, 0.15) is 12.5 Å². The van der Waals surface area contributed by atoms with Gasteiger partial charge in [0.25, 0.3) is 0 Å². The molecule has 30 heavy (non-hydrogen) atoms. The summed E-state index contributed by atoms with van der Waals surface area (Å²) in [6.45, 7) is 10.9. The maximum absolute atomic E-state index is 11.8. The van der Waals surface area contributed by atoms with E-state index in [0.29, 0.717) is 5.57 Å². The molecule has 0 radical (unpaired) electrons. The second-order valence-electron chi connectivity index (χ2n) is 6.88. The fourth-order valence-electron chi connectivity index (χ4n) is 2.86. The van der Waals surface area contributed by atoms with Crippen molar-refractivity contribution < 1.29 is 9.59 Å². The summed E-state index contributed by atoms with van der Waals surface area (Å²) in [7, 11) is 0. The Labute approximate surface area is 186 Å². The number of carbonyl (C=O) groups is 2. The molecular weight excluding hydrogens is 408 g/mol. The van der Waals surface area contributed by atoms with Crippen molar-refractivity contribution >= 4 is 33.8 Å². The summed E-state index contributed by atoms with van der Waals surface area (Å²) in [5.41, 5.74) is 6.05. The molecule has 0 fully saturated rings. The normalized spacial score (nSPS) is 10.5. The molecule has 0 aliphatic carbocycles. The van der Waals surface area contributed by atoms with Crippen LogP contribution in [0.5, 0.6) is 0 Å². The van der Waals surface area contributed by atoms with Crippen molar-refractivity contribution in [3.05, 3.63) is 97.1 Å². The largest absolute Gasteiger partial charge is 0.282 e. The van der Waals surface area contributed by atoms with E-state index < -0.39 is 0 Å². The van der Waals surface area contributed by atoms with Crippen LogP contribution in [0.15, 0.2) is 101 Å². The first kappa shape index (κ1) is 21.9. The first-order chi connectivity index (χ1) is 14.4. The zero-order chi connectivity index (χ0) is 21.7. The molecule has 0 N–H and O–H groups in total. The summed E-state index contributed by atoms with van der Waals surface area (Å²) in [4.78, 5) is 25.2. The van der Waals surface area contributed by atoms with E-state index in [0.717, 1.165) is 37.6 Å². The van der Waals surface area contributed by atoms with Gasteiger partial charge in [-0.3, -0.25) is 9.59 Å². The fraction of sp³-hybridized carbons (Fsp3) is 0.0769. The molecule has 3 aromatic carbocycles. The zero-order valence-electron chi connectivity index (χ0n) is 17.0. The summed E-state index contributed by atoms with van der Waals surface area (Å²) in [5, 5.41) is -0.0655. The van der Waals surface area contributed by atoms with E-state index in [1.54, 1.807) is 6.92 Å². The number of benzene rings is 3. The Kier molecular flexibility index (Phi) is 7.14. The minimum atomic E-state index is -0.0522. The second kappa shape index (κ2) is 9.79. The van der Waals surface area contributed by atoms with Gasteiger partial charge in [0.05, 0.1) is 0 Å². The predicted octanol–water partition coefficient (Wildman–Crippen LogP) is 7.33. The van der Waals surface area contributed by atoms with Crippen LogP contribution < -0.4 is 0 Å². The van der Waals surface area contributed by atoms with Gasteiger partial charge in [0.1, 0.15) is 0 Å². The van der Waals surface area contributed by atoms with Crippen molar-refractivity contribution in [3.8, 4) is 22.3 Å². The lowest BCUT2D eigenvalue weighted by Crippen LogP contribution is -1.90. The van der Waals surface area contributed by atoms with Crippen LogP contribution in [0, 0.1) is 6.92 Å². The van der Waals surface area contributed by atoms with Gasteiger partial charge >= 0.3 is 0 Å². The average Bonchev–Trinajstić information content (AvgIpc) is 2.75. The molecule has 0 aliphatic rings. The minimum Gasteiger partial charge on any atom is -0.282 e. The predicted molar refractivity (Wildman–Crippen MR) is 129 cm³/mol. The highest BCUT2D eigenvalue weighted by molar-refractivity contribution is 8.14. The van der Waals surface area contributed by atoms with E-state index in [9.17, 15) is 9.59 Å². The summed E-state index contributed by atoms with van der Waals surface area (Å²) < 4.78 is 0. The number of hydrogen-bond donors (Lipinski definition) is 0. The van der Waals surface area contributed by atoms with E-state index in [1.807, 2.05) is 43.3 Å². The van der Waals surface area contributed by atoms with Gasteiger partial charge in [-0.25, -0.2) is 0 Å². The van der Waals surface area contributed by atoms with E-state index in [-0.39, 0.29) is 10.2 Å². The van der Waals surface area contributed by atoms with Crippen LogP contribution in [-0.4, -0.2) is 10.2 Å². The topological polar surface area (TPSA) is 34.1 Å². The van der Waals surface area contributed by atoms with Gasteiger partial charge in [0, 0.05) is 9.79 Å². The molecule has 3 rings (SSSR count). The van der Waals surface area contributed by atoms with Crippen molar-refractivity contribution in [2.75, 3.05) is 0 Å². The van der Waals surface area contributed by atoms with Crippen molar-refractivity contribution in [1.29, 1.82) is 0 Å². The summed E-state index contributed by atoms with van der Waals surface area (Å²) in [5.74, 6) is 0. The highest BCUT2D eigenvalue weighted by Crippen LogP contribution is 2.31. The van der Waals surface area contributed by atoms with Crippen LogP contribution in [-0.2, 0) is 9.59 Å². The standard InChI is InChI=1S/C26H22O2S2/c1-5-25(27)30-24-15-12-22(16-18(24)4)21-8-6-19(7-9-21)20-10-13-23(14-11-20)29-26(28)17(2)3/h5-16H,1-2H2,3-4H3. The fourth-order valence-corrected chi connectivity index (χ4v) is 4.17. The van der Waals surface area contributed by atoms with Crippen molar-refractivity contribution in [1.82, 2.24) is 0 Å². The number of hydrogen-bond acceptors (Lipinski definition) is 4. The molecule has 0 atom stereocenters. The molecule has 0 bridgehead atoms. The SMILES string of the molecule is C=CC(=O)Sc1ccc(-c2ccc(-c3ccc(SC(=O)C(=C)C)cc3)cc2)cc1C. The third-order valence-electron chi connectivity index (χ3n) is 4.52. The third kappa shape index (κ3) is 5.41. The Bertz CT molecular complexity index is 1110. The summed E-state index contributed by atoms with van der Waals surface area (Å²) >= 11 is 2.39. The highest BCUT2D eigenvalue weighted by Gasteiger charge is 2.08. The maximum Gasteiger partial charge on any atom is 0.219 e. The number of aryl methyl sites for hydroxylation is 1. The zero-order valence-corrected chi connectivity index (χ0v) is 18.6. The lowest BCUT2D eigenvalue weighted by molar-refractivity contribution is -0.108. The van der Waals surface area contributed by atoms with Gasteiger partial charge in [-0.15, -0.1) is 0 Å². The van der Waals surface area contributed by atoms with Gasteiger partial charge in [-0.1, -0.05) is 61.7 Å². The molecule has 0 saturated heterocycles. The molecule has 4 heteroatoms. The molecule has 3 aromatic rings. The van der Waals surface area contributed by atoms with Crippen LogP contribution in [0.25, 0.3) is 22.3 Å². The van der Waals surface area contributed by atoms with E-state index in [1.165, 1.54) is 29.6 Å². The molecule has 0 amide bonds. The Morgan fingerprint density at radius 3 is 1.80 bits per heavy atom. The Morgan fingerprint density at radius 1 is 0.800 bits per heavy atom. The molecule has 0 saturated carbocycles. The molecule has 0 aromatic heterocycles. The Hall–Kier alpha value is -2.82. The molecule has 2 nitrogen and oxygen atoms in total. The quantitative estimate of drug-likeness (QED) is 0.303.